The summed E-state index contributed by atoms with van der Waals surface area (Å²) < 4.78 is 0. The Labute approximate surface area is 199 Å². The molecule has 0 bridgehead atoms. The van der Waals surface area contributed by atoms with Gasteiger partial charge in [0.2, 0.25) is 5.91 Å². The second-order valence-corrected chi connectivity index (χ2v) is 10.1. The van der Waals surface area contributed by atoms with Crippen molar-refractivity contribution in [2.45, 2.75) is 58.0 Å². The van der Waals surface area contributed by atoms with Gasteiger partial charge in [-0.3, -0.25) is 9.69 Å². The first kappa shape index (κ1) is 23.8. The molecule has 4 rings (SSSR count). The molecule has 3 heterocycles. The molecule has 0 saturated carbocycles. The van der Waals surface area contributed by atoms with Crippen LogP contribution in [-0.2, 0) is 11.3 Å². The maximum Gasteiger partial charge on any atom is 0.222 e. The van der Waals surface area contributed by atoms with Crippen LogP contribution in [0.3, 0.4) is 0 Å². The van der Waals surface area contributed by atoms with Crippen LogP contribution < -0.4 is 0 Å². The van der Waals surface area contributed by atoms with Crippen LogP contribution in [0.25, 0.3) is 11.4 Å². The zero-order valence-corrected chi connectivity index (χ0v) is 20.5. The number of aryl methyl sites for hydroxylation is 1. The number of benzene rings is 1. The maximum atomic E-state index is 12.8. The predicted molar refractivity (Wildman–Crippen MR) is 133 cm³/mol. The molecular weight excluding hydrogens is 410 g/mol. The van der Waals surface area contributed by atoms with E-state index in [4.69, 9.17) is 0 Å². The molecule has 1 aromatic heterocycles. The van der Waals surface area contributed by atoms with Gasteiger partial charge in [0.1, 0.15) is 0 Å². The van der Waals surface area contributed by atoms with Gasteiger partial charge in [0.15, 0.2) is 5.82 Å². The highest BCUT2D eigenvalue weighted by Gasteiger charge is 2.26. The Kier molecular flexibility index (Phi) is 8.10. The van der Waals surface area contributed by atoms with Crippen LogP contribution in [0, 0.1) is 12.8 Å². The Morgan fingerprint density at radius 1 is 1.12 bits per heavy atom. The molecule has 0 aliphatic carbocycles. The number of rotatable bonds is 7. The standard InChI is InChI=1S/C27H39N5O/c1-21-6-4-8-24(16-21)27-28-17-23(18-29-27)20-32-13-5-7-22(19-32)9-10-26(33)31(3)25-11-14-30(2)15-12-25/h4,6,8,16-18,22,25H,5,7,9-15,19-20H2,1-3H3. The lowest BCUT2D eigenvalue weighted by molar-refractivity contribution is -0.133. The predicted octanol–water partition coefficient (Wildman–Crippen LogP) is 4.00. The Morgan fingerprint density at radius 2 is 1.88 bits per heavy atom. The van der Waals surface area contributed by atoms with Gasteiger partial charge >= 0.3 is 0 Å². The number of hydrogen-bond acceptors (Lipinski definition) is 5. The molecular formula is C27H39N5O. The molecule has 0 radical (unpaired) electrons. The van der Waals surface area contributed by atoms with Crippen molar-refractivity contribution in [2.24, 2.45) is 5.92 Å². The van der Waals surface area contributed by atoms with Crippen LogP contribution in [0.15, 0.2) is 36.7 Å². The van der Waals surface area contributed by atoms with E-state index in [1.54, 1.807) is 0 Å². The first-order chi connectivity index (χ1) is 16.0. The third-order valence-electron chi connectivity index (χ3n) is 7.39. The minimum atomic E-state index is 0.321. The van der Waals surface area contributed by atoms with E-state index in [0.717, 1.165) is 68.9 Å². The quantitative estimate of drug-likeness (QED) is 0.640. The van der Waals surface area contributed by atoms with E-state index in [1.807, 2.05) is 30.4 Å². The average molecular weight is 450 g/mol. The van der Waals surface area contributed by atoms with E-state index in [9.17, 15) is 4.79 Å². The van der Waals surface area contributed by atoms with Gasteiger partial charge in [-0.2, -0.15) is 0 Å². The van der Waals surface area contributed by atoms with Crippen molar-refractivity contribution in [1.82, 2.24) is 24.7 Å². The van der Waals surface area contributed by atoms with Crippen molar-refractivity contribution in [3.8, 4) is 11.4 Å². The summed E-state index contributed by atoms with van der Waals surface area (Å²) in [4.78, 5) is 28.9. The smallest absolute Gasteiger partial charge is 0.222 e. The molecule has 6 nitrogen and oxygen atoms in total. The maximum absolute atomic E-state index is 12.8. The summed E-state index contributed by atoms with van der Waals surface area (Å²) in [6, 6.07) is 8.73. The normalized spacial score (nSPS) is 20.6. The largest absolute Gasteiger partial charge is 0.343 e. The highest BCUT2D eigenvalue weighted by molar-refractivity contribution is 5.76. The van der Waals surface area contributed by atoms with Gasteiger partial charge in [-0.1, -0.05) is 23.8 Å². The molecule has 2 aliphatic heterocycles. The van der Waals surface area contributed by atoms with Crippen LogP contribution in [0.5, 0.6) is 0 Å². The van der Waals surface area contributed by atoms with Crippen molar-refractivity contribution in [3.05, 3.63) is 47.8 Å². The van der Waals surface area contributed by atoms with E-state index in [-0.39, 0.29) is 0 Å². The molecule has 2 fully saturated rings. The molecule has 0 spiro atoms. The zero-order chi connectivity index (χ0) is 23.2. The van der Waals surface area contributed by atoms with E-state index >= 15 is 0 Å². The summed E-state index contributed by atoms with van der Waals surface area (Å²) in [6.07, 6.45) is 10.2. The number of carbonyl (C=O) groups is 1. The van der Waals surface area contributed by atoms with Crippen LogP contribution in [-0.4, -0.2) is 76.9 Å². The van der Waals surface area contributed by atoms with Crippen LogP contribution in [0.2, 0.25) is 0 Å². The Hall–Kier alpha value is -2.31. The Morgan fingerprint density at radius 3 is 2.61 bits per heavy atom. The number of hydrogen-bond donors (Lipinski definition) is 0. The lowest BCUT2D eigenvalue weighted by atomic mass is 9.92. The molecule has 178 valence electrons. The van der Waals surface area contributed by atoms with E-state index < -0.39 is 0 Å². The van der Waals surface area contributed by atoms with Crippen LogP contribution in [0.1, 0.15) is 49.7 Å². The monoisotopic (exact) mass is 449 g/mol. The third kappa shape index (κ3) is 6.61. The van der Waals surface area contributed by atoms with Crippen molar-refractivity contribution in [2.75, 3.05) is 40.3 Å². The SMILES string of the molecule is Cc1cccc(-c2ncc(CN3CCCC(CCC(=O)N(C)C4CCN(C)CC4)C3)cn2)c1. The first-order valence-electron chi connectivity index (χ1n) is 12.5. The van der Waals surface area contributed by atoms with Gasteiger partial charge in [-0.15, -0.1) is 0 Å². The summed E-state index contributed by atoms with van der Waals surface area (Å²) in [7, 11) is 4.17. The molecule has 1 amide bonds. The molecule has 0 N–H and O–H groups in total. The third-order valence-corrected chi connectivity index (χ3v) is 7.39. The van der Waals surface area contributed by atoms with Crippen molar-refractivity contribution in [1.29, 1.82) is 0 Å². The number of likely N-dealkylation sites (tertiary alicyclic amines) is 2. The summed E-state index contributed by atoms with van der Waals surface area (Å²) >= 11 is 0. The summed E-state index contributed by atoms with van der Waals surface area (Å²) in [5, 5.41) is 0. The van der Waals surface area contributed by atoms with Gasteiger partial charge < -0.3 is 9.80 Å². The number of piperidine rings is 2. The van der Waals surface area contributed by atoms with Crippen LogP contribution >= 0.6 is 0 Å². The summed E-state index contributed by atoms with van der Waals surface area (Å²) in [6.45, 7) is 7.33. The summed E-state index contributed by atoms with van der Waals surface area (Å²) in [5.41, 5.74) is 3.44. The summed E-state index contributed by atoms with van der Waals surface area (Å²) in [5.74, 6) is 1.70. The molecule has 1 atom stereocenters. The minimum absolute atomic E-state index is 0.321. The lowest BCUT2D eigenvalue weighted by Gasteiger charge is -2.36. The fourth-order valence-corrected chi connectivity index (χ4v) is 5.25. The number of nitrogens with zero attached hydrogens (tertiary/aromatic N) is 5. The van der Waals surface area contributed by atoms with Gasteiger partial charge in [0, 0.05) is 56.1 Å². The van der Waals surface area contributed by atoms with Gasteiger partial charge in [0.05, 0.1) is 0 Å². The minimum Gasteiger partial charge on any atom is -0.343 e. The molecule has 2 saturated heterocycles. The zero-order valence-electron chi connectivity index (χ0n) is 20.5. The molecule has 33 heavy (non-hydrogen) atoms. The molecule has 2 aromatic rings. The Balaban J connectivity index is 1.24. The lowest BCUT2D eigenvalue weighted by Crippen LogP contribution is -2.44. The fourth-order valence-electron chi connectivity index (χ4n) is 5.25. The van der Waals surface area contributed by atoms with Gasteiger partial charge in [-0.25, -0.2) is 9.97 Å². The average Bonchev–Trinajstić information content (AvgIpc) is 2.83. The second-order valence-electron chi connectivity index (χ2n) is 10.1. The molecule has 1 aromatic carbocycles. The van der Waals surface area contributed by atoms with Crippen molar-refractivity contribution >= 4 is 5.91 Å². The highest BCUT2D eigenvalue weighted by Crippen LogP contribution is 2.24. The van der Waals surface area contributed by atoms with Gasteiger partial charge in [0.25, 0.3) is 0 Å². The Bertz CT molecular complexity index is 907. The van der Waals surface area contributed by atoms with E-state index in [1.165, 1.54) is 18.4 Å². The van der Waals surface area contributed by atoms with Crippen LogP contribution in [0.4, 0.5) is 0 Å². The van der Waals surface area contributed by atoms with E-state index in [0.29, 0.717) is 24.3 Å². The number of aromatic nitrogens is 2. The highest BCUT2D eigenvalue weighted by atomic mass is 16.2. The fraction of sp³-hybridized carbons (Fsp3) is 0.593. The van der Waals surface area contributed by atoms with E-state index in [2.05, 4.69) is 51.9 Å². The second kappa shape index (κ2) is 11.2. The topological polar surface area (TPSA) is 52.6 Å². The first-order valence-corrected chi connectivity index (χ1v) is 12.5. The number of amides is 1. The molecule has 6 heteroatoms. The molecule has 1 unspecified atom stereocenters. The van der Waals surface area contributed by atoms with Crippen molar-refractivity contribution in [3.63, 3.8) is 0 Å². The van der Waals surface area contributed by atoms with Crippen molar-refractivity contribution < 1.29 is 4.79 Å². The van der Waals surface area contributed by atoms with Gasteiger partial charge in [-0.05, 0) is 77.7 Å². The molecule has 2 aliphatic rings. The number of carbonyl (C=O) groups excluding carboxylic acids is 1.